The molecule has 0 aliphatic heterocycles. The molecule has 1 fully saturated rings. The van der Waals surface area contributed by atoms with Crippen molar-refractivity contribution in [3.05, 3.63) is 42.1 Å². The van der Waals surface area contributed by atoms with Gasteiger partial charge in [0.15, 0.2) is 10.5 Å². The Hall–Kier alpha value is -1.85. The molecule has 1 aliphatic rings. The van der Waals surface area contributed by atoms with Crippen LogP contribution in [-0.2, 0) is 11.2 Å². The lowest BCUT2D eigenvalue weighted by atomic mass is 10.2. The summed E-state index contributed by atoms with van der Waals surface area (Å²) in [6.07, 6.45) is 4.21. The second-order valence-electron chi connectivity index (χ2n) is 6.02. The molecule has 1 unspecified atom stereocenters. The van der Waals surface area contributed by atoms with E-state index in [4.69, 9.17) is 4.98 Å². The van der Waals surface area contributed by atoms with E-state index in [0.29, 0.717) is 11.8 Å². The van der Waals surface area contributed by atoms with Crippen LogP contribution in [0.4, 0.5) is 0 Å². The second-order valence-corrected chi connectivity index (χ2v) is 7.73. The molecule has 4 nitrogen and oxygen atoms in total. The molecule has 5 heteroatoms. The van der Waals surface area contributed by atoms with Gasteiger partial charge in [-0.2, -0.15) is 0 Å². The van der Waals surface area contributed by atoms with Crippen molar-refractivity contribution in [3.63, 3.8) is 0 Å². The van der Waals surface area contributed by atoms with E-state index >= 15 is 0 Å². The van der Waals surface area contributed by atoms with Crippen LogP contribution >= 0.6 is 0 Å². The van der Waals surface area contributed by atoms with E-state index in [-0.39, 0.29) is 0 Å². The van der Waals surface area contributed by atoms with Gasteiger partial charge in [0.05, 0.1) is 5.56 Å². The van der Waals surface area contributed by atoms with Gasteiger partial charge in [-0.05, 0) is 61.6 Å². The number of benzene rings is 1. The van der Waals surface area contributed by atoms with Crippen LogP contribution in [0.3, 0.4) is 0 Å². The lowest BCUT2D eigenvalue weighted by Crippen LogP contribution is -2.07. The molecule has 1 aromatic carbocycles. The lowest BCUT2D eigenvalue weighted by Gasteiger charge is -2.13. The highest BCUT2D eigenvalue weighted by Crippen LogP contribution is 2.41. The first-order valence-electron chi connectivity index (χ1n) is 8.01. The fourth-order valence-electron chi connectivity index (χ4n) is 2.96. The van der Waals surface area contributed by atoms with Crippen molar-refractivity contribution < 1.29 is 4.55 Å². The van der Waals surface area contributed by atoms with Crippen LogP contribution in [-0.4, -0.2) is 24.8 Å². The fraction of sp³-hybridized carbons (Fsp3) is 0.333. The molecule has 0 amide bonds. The highest BCUT2D eigenvalue weighted by atomic mass is 32.2. The van der Waals surface area contributed by atoms with E-state index < -0.39 is 11.2 Å². The van der Waals surface area contributed by atoms with Crippen LogP contribution < -0.4 is 0 Å². The predicted molar refractivity (Wildman–Crippen MR) is 92.9 cm³/mol. The molecule has 0 bridgehead atoms. The van der Waals surface area contributed by atoms with Crippen LogP contribution in [0.2, 0.25) is 0 Å². The summed E-state index contributed by atoms with van der Waals surface area (Å²) in [4.78, 5) is 10.3. The molecule has 0 spiro atoms. The molecule has 0 N–H and O–H groups in total. The number of hydrogen-bond donors (Lipinski definition) is 0. The van der Waals surface area contributed by atoms with Gasteiger partial charge in [-0.3, -0.25) is 0 Å². The normalized spacial score (nSPS) is 16.0. The average Bonchev–Trinajstić information content (AvgIpc) is 3.34. The highest BCUT2D eigenvalue weighted by molar-refractivity contribution is 7.91. The summed E-state index contributed by atoms with van der Waals surface area (Å²) in [6, 6.07) is 10.4. The summed E-state index contributed by atoms with van der Waals surface area (Å²) in [5.41, 5.74) is 3.93. The van der Waals surface area contributed by atoms with E-state index in [2.05, 4.69) is 15.6 Å². The fourth-order valence-corrected chi connectivity index (χ4v) is 3.90. The molecule has 23 heavy (non-hydrogen) atoms. The first-order valence-corrected chi connectivity index (χ1v) is 9.33. The minimum atomic E-state index is -1.00. The molecule has 2 aromatic heterocycles. The topological polar surface area (TPSA) is 53.8 Å². The van der Waals surface area contributed by atoms with Gasteiger partial charge < -0.3 is 9.12 Å². The average molecular weight is 325 g/mol. The number of fused-ring (bicyclic) bond motifs is 1. The molecule has 0 radical (unpaired) electrons. The largest absolute Gasteiger partial charge is 0.611 e. The number of hydrogen-bond acceptors (Lipinski definition) is 3. The molecule has 3 aromatic rings. The van der Waals surface area contributed by atoms with Crippen LogP contribution in [0.15, 0.2) is 41.4 Å². The Morgan fingerprint density at radius 2 is 2.09 bits per heavy atom. The molecule has 1 atom stereocenters. The summed E-state index contributed by atoms with van der Waals surface area (Å²) in [6.45, 7) is 3.98. The lowest BCUT2D eigenvalue weighted by molar-refractivity contribution is 0.596. The van der Waals surface area contributed by atoms with Gasteiger partial charge in [-0.25, -0.2) is 9.97 Å². The molecular weight excluding hydrogens is 306 g/mol. The first kappa shape index (κ1) is 14.7. The number of aryl methyl sites for hydroxylation is 1. The molecule has 0 saturated heterocycles. The maximum Gasteiger partial charge on any atom is 0.163 e. The van der Waals surface area contributed by atoms with Gasteiger partial charge in [0.25, 0.3) is 0 Å². The smallest absolute Gasteiger partial charge is 0.163 e. The van der Waals surface area contributed by atoms with Crippen molar-refractivity contribution in [2.24, 2.45) is 0 Å². The highest BCUT2D eigenvalue weighted by Gasteiger charge is 2.31. The standard InChI is InChI=1S/C18H19N3OS/c1-3-23(22)16-7-5-4-6-14(16)17-20-15-10-12(2)11-19-18(15)21(17)13-8-9-13/h4-7,10-11,13H,3,8-9H2,1-2H3. The summed E-state index contributed by atoms with van der Waals surface area (Å²) in [5.74, 6) is 1.51. The molecular formula is C18H19N3OS. The Labute approximate surface area is 138 Å². The molecule has 4 rings (SSSR count). The van der Waals surface area contributed by atoms with E-state index in [1.165, 1.54) is 0 Å². The number of imidazole rings is 1. The maximum absolute atomic E-state index is 12.4. The molecule has 118 valence electrons. The monoisotopic (exact) mass is 325 g/mol. The zero-order chi connectivity index (χ0) is 16.0. The summed E-state index contributed by atoms with van der Waals surface area (Å²) in [7, 11) is 0. The van der Waals surface area contributed by atoms with Crippen molar-refractivity contribution in [2.75, 3.05) is 5.75 Å². The zero-order valence-electron chi connectivity index (χ0n) is 13.3. The van der Waals surface area contributed by atoms with E-state index in [9.17, 15) is 4.55 Å². The Balaban J connectivity index is 1.97. The van der Waals surface area contributed by atoms with E-state index in [0.717, 1.165) is 45.9 Å². The minimum Gasteiger partial charge on any atom is -0.611 e. The van der Waals surface area contributed by atoms with Crippen molar-refractivity contribution in [2.45, 2.75) is 37.6 Å². The van der Waals surface area contributed by atoms with Gasteiger partial charge in [0.2, 0.25) is 0 Å². The summed E-state index contributed by atoms with van der Waals surface area (Å²) in [5, 5.41) is 0. The predicted octanol–water partition coefficient (Wildman–Crippen LogP) is 3.87. The van der Waals surface area contributed by atoms with Gasteiger partial charge in [-0.1, -0.05) is 12.1 Å². The Morgan fingerprint density at radius 3 is 2.83 bits per heavy atom. The first-order chi connectivity index (χ1) is 11.2. The number of pyridine rings is 1. The minimum absolute atomic E-state index is 0.466. The number of nitrogens with zero attached hydrogens (tertiary/aromatic N) is 3. The van der Waals surface area contributed by atoms with Gasteiger partial charge in [-0.15, -0.1) is 0 Å². The van der Waals surface area contributed by atoms with Crippen LogP contribution in [0.5, 0.6) is 0 Å². The van der Waals surface area contributed by atoms with Gasteiger partial charge in [0.1, 0.15) is 17.1 Å². The van der Waals surface area contributed by atoms with Crippen LogP contribution in [0.1, 0.15) is 31.4 Å². The van der Waals surface area contributed by atoms with Crippen molar-refractivity contribution >= 4 is 22.3 Å². The molecule has 2 heterocycles. The van der Waals surface area contributed by atoms with Crippen molar-refractivity contribution in [3.8, 4) is 11.4 Å². The van der Waals surface area contributed by atoms with Crippen LogP contribution in [0.25, 0.3) is 22.6 Å². The Kier molecular flexibility index (Phi) is 3.62. The quantitative estimate of drug-likeness (QED) is 0.684. The number of aromatic nitrogens is 3. The third kappa shape index (κ3) is 2.54. The Morgan fingerprint density at radius 1 is 1.30 bits per heavy atom. The van der Waals surface area contributed by atoms with E-state index in [1.807, 2.05) is 44.3 Å². The van der Waals surface area contributed by atoms with Crippen molar-refractivity contribution in [1.82, 2.24) is 14.5 Å². The maximum atomic E-state index is 12.4. The van der Waals surface area contributed by atoms with Gasteiger partial charge >= 0.3 is 0 Å². The number of rotatable bonds is 4. The van der Waals surface area contributed by atoms with Crippen molar-refractivity contribution in [1.29, 1.82) is 0 Å². The summed E-state index contributed by atoms with van der Waals surface area (Å²) < 4.78 is 14.7. The third-order valence-corrected chi connectivity index (χ3v) is 5.59. The molecule has 1 saturated carbocycles. The Bertz CT molecular complexity index is 870. The third-order valence-electron chi connectivity index (χ3n) is 4.21. The van der Waals surface area contributed by atoms with E-state index in [1.54, 1.807) is 0 Å². The summed E-state index contributed by atoms with van der Waals surface area (Å²) >= 11 is -1.00. The van der Waals surface area contributed by atoms with Gasteiger partial charge in [0, 0.05) is 12.2 Å². The van der Waals surface area contributed by atoms with Crippen LogP contribution in [0, 0.1) is 6.92 Å². The molecule has 1 aliphatic carbocycles. The zero-order valence-corrected chi connectivity index (χ0v) is 14.1. The SMILES string of the molecule is CC[S+]([O-])c1ccccc1-c1nc2cc(C)cnc2n1C1CC1. The second kappa shape index (κ2) is 5.65.